The number of nitriles is 1. The lowest BCUT2D eigenvalue weighted by molar-refractivity contribution is 0.0455. The molecule has 0 atom stereocenters. The first-order chi connectivity index (χ1) is 15.1. The van der Waals surface area contributed by atoms with Crippen molar-refractivity contribution in [3.8, 4) is 17.3 Å². The molecule has 1 saturated heterocycles. The maximum absolute atomic E-state index is 9.74. The van der Waals surface area contributed by atoms with Crippen LogP contribution in [0.3, 0.4) is 0 Å². The van der Waals surface area contributed by atoms with Crippen molar-refractivity contribution in [1.29, 1.82) is 5.26 Å². The Morgan fingerprint density at radius 1 is 1.23 bits per heavy atom. The van der Waals surface area contributed by atoms with E-state index in [2.05, 4.69) is 16.4 Å². The van der Waals surface area contributed by atoms with Gasteiger partial charge in [-0.1, -0.05) is 17.7 Å². The van der Waals surface area contributed by atoms with Crippen LogP contribution in [0.15, 0.2) is 30.5 Å². The monoisotopic (exact) mass is 440 g/mol. The number of hydrogen-bond donors (Lipinski definition) is 2. The molecule has 2 aromatic rings. The van der Waals surface area contributed by atoms with E-state index in [0.29, 0.717) is 30.7 Å². The summed E-state index contributed by atoms with van der Waals surface area (Å²) in [6.07, 6.45) is 7.72. The van der Waals surface area contributed by atoms with Gasteiger partial charge in [-0.2, -0.15) is 5.26 Å². The summed E-state index contributed by atoms with van der Waals surface area (Å²) in [6.45, 7) is 1.79. The molecule has 2 aliphatic rings. The summed E-state index contributed by atoms with van der Waals surface area (Å²) >= 11 is 6.48. The Hall–Kier alpha value is -2.20. The zero-order chi connectivity index (χ0) is 21.7. The highest BCUT2D eigenvalue weighted by Gasteiger charge is 2.32. The molecule has 31 heavy (non-hydrogen) atoms. The van der Waals surface area contributed by atoms with Crippen molar-refractivity contribution in [3.63, 3.8) is 0 Å². The molecule has 0 aromatic carbocycles. The van der Waals surface area contributed by atoms with Crippen LogP contribution in [0.1, 0.15) is 44.2 Å². The molecule has 4 rings (SSSR count). The molecule has 2 aromatic heterocycles. The molecule has 6 nitrogen and oxygen atoms in total. The van der Waals surface area contributed by atoms with Crippen molar-refractivity contribution in [3.05, 3.63) is 41.2 Å². The van der Waals surface area contributed by atoms with E-state index in [1.165, 1.54) is 0 Å². The van der Waals surface area contributed by atoms with Crippen LogP contribution in [-0.4, -0.2) is 40.9 Å². The quantitative estimate of drug-likeness (QED) is 0.680. The normalized spacial score (nSPS) is 23.1. The van der Waals surface area contributed by atoms with Gasteiger partial charge in [0, 0.05) is 37.2 Å². The van der Waals surface area contributed by atoms with Gasteiger partial charge in [0.2, 0.25) is 0 Å². The predicted octanol–water partition coefficient (Wildman–Crippen LogP) is 4.62. The van der Waals surface area contributed by atoms with E-state index in [1.54, 1.807) is 6.20 Å². The van der Waals surface area contributed by atoms with Crippen molar-refractivity contribution in [2.24, 2.45) is 11.3 Å². The van der Waals surface area contributed by atoms with Gasteiger partial charge in [0.15, 0.2) is 0 Å². The molecule has 2 N–H and O–H groups in total. The van der Waals surface area contributed by atoms with Gasteiger partial charge in [-0.3, -0.25) is 4.98 Å². The Bertz CT molecular complexity index is 931. The Morgan fingerprint density at radius 2 is 2.00 bits per heavy atom. The first kappa shape index (κ1) is 22.0. The van der Waals surface area contributed by atoms with E-state index in [-0.39, 0.29) is 6.10 Å². The number of nitrogens with zero attached hydrogens (tertiary/aromatic N) is 3. The number of aliphatic hydroxyl groups excluding tert-OH is 1. The van der Waals surface area contributed by atoms with Crippen molar-refractivity contribution >= 4 is 17.4 Å². The molecule has 1 aliphatic heterocycles. The second-order valence-electron chi connectivity index (χ2n) is 8.80. The second kappa shape index (κ2) is 9.95. The van der Waals surface area contributed by atoms with Gasteiger partial charge in [0.1, 0.15) is 5.82 Å². The van der Waals surface area contributed by atoms with Gasteiger partial charge >= 0.3 is 0 Å². The fourth-order valence-corrected chi connectivity index (χ4v) is 4.67. The third-order valence-corrected chi connectivity index (χ3v) is 6.85. The maximum Gasteiger partial charge on any atom is 0.126 e. The Kier molecular flexibility index (Phi) is 7.06. The molecule has 3 heterocycles. The van der Waals surface area contributed by atoms with Crippen LogP contribution in [0.25, 0.3) is 11.3 Å². The van der Waals surface area contributed by atoms with Crippen LogP contribution in [0.5, 0.6) is 0 Å². The number of pyridine rings is 2. The summed E-state index contributed by atoms with van der Waals surface area (Å²) < 4.78 is 5.41. The zero-order valence-electron chi connectivity index (χ0n) is 17.7. The lowest BCUT2D eigenvalue weighted by Crippen LogP contribution is -2.34. The van der Waals surface area contributed by atoms with Crippen molar-refractivity contribution < 1.29 is 9.84 Å². The predicted molar refractivity (Wildman–Crippen MR) is 121 cm³/mol. The molecular weight excluding hydrogens is 412 g/mol. The minimum Gasteiger partial charge on any atom is -0.393 e. The molecule has 0 amide bonds. The molecule has 0 bridgehead atoms. The topological polar surface area (TPSA) is 91.1 Å². The molecule has 7 heteroatoms. The zero-order valence-corrected chi connectivity index (χ0v) is 18.4. The van der Waals surface area contributed by atoms with Gasteiger partial charge in [0.05, 0.1) is 28.3 Å². The van der Waals surface area contributed by atoms with Crippen LogP contribution in [0.4, 0.5) is 5.82 Å². The van der Waals surface area contributed by atoms with Gasteiger partial charge in [0.25, 0.3) is 0 Å². The second-order valence-corrected chi connectivity index (χ2v) is 9.21. The van der Waals surface area contributed by atoms with Gasteiger partial charge in [-0.25, -0.2) is 4.98 Å². The Morgan fingerprint density at radius 3 is 2.74 bits per heavy atom. The van der Waals surface area contributed by atoms with Crippen LogP contribution < -0.4 is 5.32 Å². The van der Waals surface area contributed by atoms with Gasteiger partial charge in [-0.05, 0) is 69.1 Å². The van der Waals surface area contributed by atoms with E-state index in [1.807, 2.05) is 24.3 Å². The Balaban J connectivity index is 1.47. The number of ether oxygens (including phenoxy) is 1. The Labute approximate surface area is 188 Å². The van der Waals surface area contributed by atoms with E-state index < -0.39 is 5.41 Å². The fraction of sp³-hybridized carbons (Fsp3) is 0.542. The molecule has 1 saturated carbocycles. The molecule has 164 valence electrons. The average molecular weight is 441 g/mol. The van der Waals surface area contributed by atoms with Crippen molar-refractivity contribution in [1.82, 2.24) is 9.97 Å². The summed E-state index contributed by atoms with van der Waals surface area (Å²) in [5.74, 6) is 1.28. The van der Waals surface area contributed by atoms with Crippen molar-refractivity contribution in [2.45, 2.75) is 51.0 Å². The fourth-order valence-electron chi connectivity index (χ4n) is 4.47. The number of halogens is 1. The lowest BCUT2D eigenvalue weighted by Gasteiger charge is -2.30. The highest BCUT2D eigenvalue weighted by atomic mass is 35.5. The van der Waals surface area contributed by atoms with Crippen LogP contribution >= 0.6 is 11.6 Å². The number of nitrogens with one attached hydrogen (secondary N) is 1. The van der Waals surface area contributed by atoms with Crippen molar-refractivity contribution in [2.75, 3.05) is 25.1 Å². The van der Waals surface area contributed by atoms with E-state index in [9.17, 15) is 10.4 Å². The van der Waals surface area contributed by atoms with E-state index in [0.717, 1.165) is 67.7 Å². The van der Waals surface area contributed by atoms with Gasteiger partial charge < -0.3 is 15.2 Å². The molecule has 1 aliphatic carbocycles. The average Bonchev–Trinajstić information content (AvgIpc) is 2.81. The summed E-state index contributed by atoms with van der Waals surface area (Å²) in [7, 11) is 0. The highest BCUT2D eigenvalue weighted by Crippen LogP contribution is 2.32. The number of aromatic nitrogens is 2. The summed E-state index contributed by atoms with van der Waals surface area (Å²) in [6, 6.07) is 10.3. The van der Waals surface area contributed by atoms with Crippen LogP contribution in [0, 0.1) is 22.7 Å². The number of hydrogen-bond acceptors (Lipinski definition) is 6. The molecule has 2 fully saturated rings. The number of anilines is 1. The first-order valence-corrected chi connectivity index (χ1v) is 11.5. The minimum absolute atomic E-state index is 0.147. The molecule has 0 spiro atoms. The number of rotatable bonds is 6. The van der Waals surface area contributed by atoms with E-state index in [4.69, 9.17) is 21.3 Å². The highest BCUT2D eigenvalue weighted by molar-refractivity contribution is 6.33. The molecule has 0 unspecified atom stereocenters. The van der Waals surface area contributed by atoms with E-state index >= 15 is 0 Å². The standard InChI is InChI=1S/C24H29ClN4O2/c25-21-14-27-18(12-17-4-6-19(30)7-5-17)13-20(21)22-2-1-3-23(29-22)28-16-24(15-26)8-10-31-11-9-24/h1-3,13-14,17,19,30H,4-12,16H2,(H,28,29). The maximum atomic E-state index is 9.74. The lowest BCUT2D eigenvalue weighted by atomic mass is 9.82. The van der Waals surface area contributed by atoms with Crippen LogP contribution in [0.2, 0.25) is 5.02 Å². The van der Waals surface area contributed by atoms with Gasteiger partial charge in [-0.15, -0.1) is 0 Å². The third-order valence-electron chi connectivity index (χ3n) is 6.55. The van der Waals surface area contributed by atoms with Crippen LogP contribution in [-0.2, 0) is 11.2 Å². The SMILES string of the molecule is N#CC1(CNc2cccc(-c3cc(CC4CCC(O)CC4)ncc3Cl)n2)CCOCC1. The minimum atomic E-state index is -0.412. The number of aliphatic hydroxyl groups is 1. The summed E-state index contributed by atoms with van der Waals surface area (Å²) in [5, 5.41) is 23.3. The smallest absolute Gasteiger partial charge is 0.126 e. The third kappa shape index (κ3) is 5.54. The largest absolute Gasteiger partial charge is 0.393 e. The summed E-state index contributed by atoms with van der Waals surface area (Å²) in [4.78, 5) is 9.29. The summed E-state index contributed by atoms with van der Waals surface area (Å²) in [5.41, 5.74) is 2.25. The first-order valence-electron chi connectivity index (χ1n) is 11.1. The molecule has 0 radical (unpaired) electrons. The molecular formula is C24H29ClN4O2.